The molecule has 2 bridgehead atoms. The number of carboxylic acid groups (broad SMARTS) is 3. The Hall–Kier alpha value is -6.92. The van der Waals surface area contributed by atoms with Gasteiger partial charge >= 0.3 is 42.1 Å². The molecule has 0 saturated heterocycles. The summed E-state index contributed by atoms with van der Waals surface area (Å²) in [4.78, 5) is 58.7. The largest absolute Gasteiger partial charge is 0.490 e. The van der Waals surface area contributed by atoms with Crippen LogP contribution in [0.5, 0.6) is 0 Å². The Morgan fingerprint density at radius 1 is 0.881 bits per heavy atom. The van der Waals surface area contributed by atoms with E-state index in [1.54, 1.807) is 12.1 Å². The van der Waals surface area contributed by atoms with Gasteiger partial charge in [0, 0.05) is 71.2 Å². The molecule has 0 spiro atoms. The first-order chi connectivity index (χ1) is 31.0. The summed E-state index contributed by atoms with van der Waals surface area (Å²) < 4.78 is 102. The standard InChI is InChI=1S/C35H36ClN7O3.3C2HF3O2/c1-42(2)25-7-9-26-28(17-32(44)46-31(26)16-25)35(45)38-18-24-19-43(41-40-24)10-4-3-5-20-11-21-13-22(12-20)33-30(14-21)39-29-15-23(36)6-8-27(29)34(33)37;3*3-2(4,5)1(6)7/h6-9,11,15-17,19,21-22H,3-5,10,12-14,18H2,1-2H3,(H2,37,39)(H,38,45);3*(H,6,7). The lowest BCUT2D eigenvalue weighted by Crippen LogP contribution is -2.24. The number of carboxylic acids is 3. The van der Waals surface area contributed by atoms with Gasteiger partial charge in [-0.05, 0) is 80.7 Å². The summed E-state index contributed by atoms with van der Waals surface area (Å²) in [6.07, 6.45) is -4.78. The van der Waals surface area contributed by atoms with Crippen molar-refractivity contribution < 1.29 is 78.4 Å². The third-order valence-corrected chi connectivity index (χ3v) is 10.1. The summed E-state index contributed by atoms with van der Waals surface area (Å²) in [6, 6.07) is 12.4. The lowest BCUT2D eigenvalue weighted by molar-refractivity contribution is -0.193. The number of aryl methyl sites for hydroxylation is 1. The van der Waals surface area contributed by atoms with E-state index in [1.165, 1.54) is 17.2 Å². The summed E-state index contributed by atoms with van der Waals surface area (Å²) >= 11 is 6.22. The molecule has 2 unspecified atom stereocenters. The zero-order valence-corrected chi connectivity index (χ0v) is 35.6. The fraction of sp³-hybridized carbons (Fsp3) is 0.366. The number of anilines is 2. The van der Waals surface area contributed by atoms with Gasteiger partial charge in [-0.1, -0.05) is 28.5 Å². The van der Waals surface area contributed by atoms with Gasteiger partial charge in [0.2, 0.25) is 0 Å². The van der Waals surface area contributed by atoms with Crippen molar-refractivity contribution in [3.63, 3.8) is 0 Å². The Morgan fingerprint density at radius 2 is 1.48 bits per heavy atom. The highest BCUT2D eigenvalue weighted by molar-refractivity contribution is 6.31. The Labute approximate surface area is 376 Å². The normalized spacial score (nSPS) is 15.3. The van der Waals surface area contributed by atoms with Gasteiger partial charge in [-0.15, -0.1) is 5.10 Å². The van der Waals surface area contributed by atoms with Crippen LogP contribution in [0.15, 0.2) is 69.5 Å². The lowest BCUT2D eigenvalue weighted by Gasteiger charge is -2.36. The number of alkyl halides is 9. The molecule has 362 valence electrons. The van der Waals surface area contributed by atoms with Gasteiger partial charge in [-0.2, -0.15) is 39.5 Å². The molecule has 67 heavy (non-hydrogen) atoms. The van der Waals surface area contributed by atoms with Crippen LogP contribution in [-0.4, -0.2) is 91.7 Å². The minimum atomic E-state index is -5.08. The minimum Gasteiger partial charge on any atom is -0.475 e. The highest BCUT2D eigenvalue weighted by atomic mass is 35.5. The number of fused-ring (bicyclic) bond motifs is 6. The van der Waals surface area contributed by atoms with E-state index in [4.69, 9.17) is 56.4 Å². The van der Waals surface area contributed by atoms with Crippen molar-refractivity contribution in [2.75, 3.05) is 24.7 Å². The summed E-state index contributed by atoms with van der Waals surface area (Å²) in [6.45, 7) is 0.946. The monoisotopic (exact) mass is 979 g/mol. The number of nitrogen functional groups attached to an aromatic ring is 1. The molecule has 2 atom stereocenters. The number of hydrogen-bond acceptors (Lipinski definition) is 11. The predicted octanol–water partition coefficient (Wildman–Crippen LogP) is 7.91. The first kappa shape index (κ1) is 52.7. The van der Waals surface area contributed by atoms with Crippen LogP contribution in [0.3, 0.4) is 0 Å². The van der Waals surface area contributed by atoms with Crippen LogP contribution in [0.1, 0.15) is 65.3 Å². The third kappa shape index (κ3) is 14.8. The first-order valence-electron chi connectivity index (χ1n) is 19.4. The number of amides is 1. The number of carbonyl (C=O) groups is 4. The Balaban J connectivity index is 0.000000389. The van der Waals surface area contributed by atoms with E-state index in [-0.39, 0.29) is 18.0 Å². The molecule has 16 nitrogen and oxygen atoms in total. The fourth-order valence-corrected chi connectivity index (χ4v) is 7.18. The number of nitrogens with two attached hydrogens (primary N) is 1. The van der Waals surface area contributed by atoms with Crippen molar-refractivity contribution in [2.45, 2.75) is 76.1 Å². The van der Waals surface area contributed by atoms with E-state index in [2.05, 4.69) is 21.7 Å². The van der Waals surface area contributed by atoms with E-state index in [1.807, 2.05) is 54.1 Å². The summed E-state index contributed by atoms with van der Waals surface area (Å²) in [5.41, 5.74) is 13.9. The number of halogens is 10. The van der Waals surface area contributed by atoms with Crippen LogP contribution in [-0.2, 0) is 33.9 Å². The van der Waals surface area contributed by atoms with E-state index in [0.717, 1.165) is 73.0 Å². The molecule has 0 radical (unpaired) electrons. The van der Waals surface area contributed by atoms with Gasteiger partial charge in [0.15, 0.2) is 0 Å². The molecule has 0 aliphatic heterocycles. The van der Waals surface area contributed by atoms with Gasteiger partial charge in [0.05, 0.1) is 23.8 Å². The van der Waals surface area contributed by atoms with Crippen molar-refractivity contribution in [3.8, 4) is 0 Å². The number of nitrogens with zero attached hydrogens (tertiary/aromatic N) is 5. The first-order valence-corrected chi connectivity index (χ1v) is 19.8. The molecule has 3 aromatic heterocycles. The van der Waals surface area contributed by atoms with E-state index < -0.39 is 42.1 Å². The van der Waals surface area contributed by atoms with Crippen LogP contribution in [0.4, 0.5) is 50.9 Å². The van der Waals surface area contributed by atoms with Crippen LogP contribution >= 0.6 is 11.6 Å². The van der Waals surface area contributed by atoms with E-state index >= 15 is 0 Å². The number of allylic oxidation sites excluding steroid dienone is 2. The molecular formula is C41H39ClF9N7O9. The average molecular weight is 980 g/mol. The molecule has 2 aromatic carbocycles. The number of pyridine rings is 1. The molecule has 2 aliphatic carbocycles. The van der Waals surface area contributed by atoms with E-state index in [0.29, 0.717) is 33.5 Å². The molecule has 7 rings (SSSR count). The molecule has 0 fully saturated rings. The third-order valence-electron chi connectivity index (χ3n) is 9.91. The number of benzene rings is 2. The maximum absolute atomic E-state index is 13.0. The molecule has 3 heterocycles. The van der Waals surface area contributed by atoms with Gasteiger partial charge in [0.1, 0.15) is 11.3 Å². The number of nitrogens with one attached hydrogen (secondary N) is 1. The second-order valence-corrected chi connectivity index (χ2v) is 15.5. The molecule has 5 aromatic rings. The van der Waals surface area contributed by atoms with Crippen LogP contribution in [0, 0.1) is 5.92 Å². The number of aromatic nitrogens is 4. The SMILES string of the molecule is CN(C)c1ccc2c(C(=O)NCc3cn(CCCCC4=CC5Cc6nc7cc(Cl)ccc7c(N)c6C(C4)C5)nn3)cc(=O)oc2c1.O=C(O)C(F)(F)F.O=C(O)C(F)(F)F.O=C(O)C(F)(F)F. The fourth-order valence-electron chi connectivity index (χ4n) is 7.01. The highest BCUT2D eigenvalue weighted by Crippen LogP contribution is 2.47. The van der Waals surface area contributed by atoms with Crippen molar-refractivity contribution in [1.29, 1.82) is 0 Å². The highest BCUT2D eigenvalue weighted by Gasteiger charge is 2.39. The van der Waals surface area contributed by atoms with Crippen LogP contribution in [0.25, 0.3) is 21.9 Å². The molecule has 6 N–H and O–H groups in total. The smallest absolute Gasteiger partial charge is 0.475 e. The van der Waals surface area contributed by atoms with E-state index in [9.17, 15) is 49.1 Å². The second-order valence-electron chi connectivity index (χ2n) is 15.0. The number of hydrogen-bond donors (Lipinski definition) is 5. The molecule has 2 aliphatic rings. The minimum absolute atomic E-state index is 0.202. The Bertz CT molecular complexity index is 2660. The summed E-state index contributed by atoms with van der Waals surface area (Å²) in [5, 5.41) is 35.0. The molecule has 1 amide bonds. The Morgan fingerprint density at radius 3 is 2.06 bits per heavy atom. The maximum Gasteiger partial charge on any atom is 0.490 e. The topological polar surface area (TPSA) is 244 Å². The maximum atomic E-state index is 13.0. The Kier molecular flexibility index (Phi) is 17.0. The zero-order chi connectivity index (χ0) is 50.2. The summed E-state index contributed by atoms with van der Waals surface area (Å²) in [5.74, 6) is -7.73. The number of aliphatic carboxylic acids is 3. The number of rotatable bonds is 9. The lowest BCUT2D eigenvalue weighted by atomic mass is 9.70. The van der Waals surface area contributed by atoms with Crippen LogP contribution in [0.2, 0.25) is 5.02 Å². The van der Waals surface area contributed by atoms with Crippen molar-refractivity contribution in [1.82, 2.24) is 25.3 Å². The predicted molar refractivity (Wildman–Crippen MR) is 221 cm³/mol. The molecule has 26 heteroatoms. The quantitative estimate of drug-likeness (QED) is 0.0408. The van der Waals surface area contributed by atoms with Gasteiger partial charge in [0.25, 0.3) is 5.91 Å². The van der Waals surface area contributed by atoms with Gasteiger partial charge in [-0.25, -0.2) is 19.2 Å². The van der Waals surface area contributed by atoms with Gasteiger partial charge < -0.3 is 35.7 Å². The van der Waals surface area contributed by atoms with Crippen molar-refractivity contribution >= 4 is 68.7 Å². The second kappa shape index (κ2) is 21.6. The van der Waals surface area contributed by atoms with Gasteiger partial charge in [-0.3, -0.25) is 14.5 Å². The van der Waals surface area contributed by atoms with Crippen molar-refractivity contribution in [3.05, 3.63) is 98.3 Å². The number of carbonyl (C=O) groups excluding carboxylic acids is 1. The summed E-state index contributed by atoms with van der Waals surface area (Å²) in [7, 11) is 3.79. The molecule has 0 saturated carbocycles. The molecular weight excluding hydrogens is 941 g/mol. The van der Waals surface area contributed by atoms with Crippen molar-refractivity contribution in [2.24, 2.45) is 5.92 Å². The average Bonchev–Trinajstić information content (AvgIpc) is 3.68. The van der Waals surface area contributed by atoms with Crippen LogP contribution < -0.4 is 21.6 Å². The zero-order valence-electron chi connectivity index (χ0n) is 34.9. The number of unbranched alkanes of at least 4 members (excludes halogenated alkanes) is 1.